The van der Waals surface area contributed by atoms with E-state index >= 15 is 0 Å². The Bertz CT molecular complexity index is 762. The molecule has 0 saturated carbocycles. The molecular weight excluding hydrogens is 322 g/mol. The van der Waals surface area contributed by atoms with Gasteiger partial charge in [-0.15, -0.1) is 0 Å². The number of para-hydroxylation sites is 1. The average Bonchev–Trinajstić information content (AvgIpc) is 2.52. The summed E-state index contributed by atoms with van der Waals surface area (Å²) in [6, 6.07) is 10.8. The molecular formula is C19H21NO5. The Balaban J connectivity index is 2.31. The second-order valence-corrected chi connectivity index (χ2v) is 6.55. The molecule has 0 fully saturated rings. The molecule has 1 unspecified atom stereocenters. The number of benzene rings is 2. The molecule has 0 aromatic heterocycles. The monoisotopic (exact) mass is 343 g/mol. The van der Waals surface area contributed by atoms with E-state index in [2.05, 4.69) is 5.32 Å². The van der Waals surface area contributed by atoms with E-state index in [0.29, 0.717) is 5.56 Å². The molecule has 132 valence electrons. The lowest BCUT2D eigenvalue weighted by Gasteiger charge is -2.25. The Morgan fingerprint density at radius 3 is 2.16 bits per heavy atom. The summed E-state index contributed by atoms with van der Waals surface area (Å²) in [6.45, 7) is 5.18. The predicted molar refractivity (Wildman–Crippen MR) is 92.3 cm³/mol. The van der Waals surface area contributed by atoms with Crippen LogP contribution in [0.2, 0.25) is 0 Å². The van der Waals surface area contributed by atoms with E-state index < -0.39 is 23.5 Å². The molecule has 6 heteroatoms. The summed E-state index contributed by atoms with van der Waals surface area (Å²) in [4.78, 5) is 25.0. The van der Waals surface area contributed by atoms with Crippen molar-refractivity contribution < 1.29 is 24.5 Å². The van der Waals surface area contributed by atoms with E-state index in [0.717, 1.165) is 0 Å². The lowest BCUT2D eigenvalue weighted by molar-refractivity contribution is -0.157. The number of phenolic OH excluding ortho intramolecular Hbond substituents is 2. The van der Waals surface area contributed by atoms with Gasteiger partial charge in [0.15, 0.2) is 6.04 Å². The molecule has 2 aromatic carbocycles. The highest BCUT2D eigenvalue weighted by atomic mass is 16.6. The highest BCUT2D eigenvalue weighted by Crippen LogP contribution is 2.23. The highest BCUT2D eigenvalue weighted by Gasteiger charge is 2.29. The normalized spacial score (nSPS) is 12.3. The van der Waals surface area contributed by atoms with Gasteiger partial charge in [0.2, 0.25) is 0 Å². The van der Waals surface area contributed by atoms with Crippen molar-refractivity contribution in [1.82, 2.24) is 5.32 Å². The summed E-state index contributed by atoms with van der Waals surface area (Å²) in [7, 11) is 0. The molecule has 1 amide bonds. The molecule has 6 nitrogen and oxygen atoms in total. The van der Waals surface area contributed by atoms with Gasteiger partial charge in [-0.3, -0.25) is 4.79 Å². The first kappa shape index (κ1) is 18.3. The van der Waals surface area contributed by atoms with E-state index in [1.54, 1.807) is 32.9 Å². The molecule has 0 aliphatic rings. The number of esters is 1. The molecule has 0 radical (unpaired) electrons. The first-order valence-electron chi connectivity index (χ1n) is 7.78. The van der Waals surface area contributed by atoms with Gasteiger partial charge in [-0.1, -0.05) is 24.3 Å². The van der Waals surface area contributed by atoms with Crippen molar-refractivity contribution in [3.05, 3.63) is 59.7 Å². The fourth-order valence-electron chi connectivity index (χ4n) is 2.18. The Morgan fingerprint density at radius 1 is 1.00 bits per heavy atom. The Morgan fingerprint density at radius 2 is 1.60 bits per heavy atom. The smallest absolute Gasteiger partial charge is 0.333 e. The fraction of sp³-hybridized carbons (Fsp3) is 0.263. The Kier molecular flexibility index (Phi) is 5.32. The summed E-state index contributed by atoms with van der Waals surface area (Å²) in [5.41, 5.74) is -0.225. The lowest BCUT2D eigenvalue weighted by atomic mass is 10.1. The highest BCUT2D eigenvalue weighted by molar-refractivity contribution is 5.99. The molecule has 0 bridgehead atoms. The summed E-state index contributed by atoms with van der Waals surface area (Å²) in [5, 5.41) is 21.8. The standard InChI is InChI=1S/C19H21NO5/c1-19(2,3)25-18(24)16(12-8-10-13(21)11-9-12)20-17(23)14-6-4-5-7-15(14)22/h4-11,16,21-22H,1-3H3,(H,20,23). The minimum absolute atomic E-state index is 0.0405. The van der Waals surface area contributed by atoms with Crippen molar-refractivity contribution in [1.29, 1.82) is 0 Å². The molecule has 3 N–H and O–H groups in total. The van der Waals surface area contributed by atoms with Crippen LogP contribution in [0.3, 0.4) is 0 Å². The van der Waals surface area contributed by atoms with Crippen molar-refractivity contribution in [2.45, 2.75) is 32.4 Å². The zero-order valence-electron chi connectivity index (χ0n) is 14.3. The molecule has 0 aliphatic heterocycles. The summed E-state index contributed by atoms with van der Waals surface area (Å²) in [5.74, 6) is -1.39. The van der Waals surface area contributed by atoms with Crippen LogP contribution >= 0.6 is 0 Å². The Labute approximate surface area is 146 Å². The van der Waals surface area contributed by atoms with Gasteiger partial charge in [0, 0.05) is 0 Å². The van der Waals surface area contributed by atoms with Crippen LogP contribution in [0, 0.1) is 0 Å². The van der Waals surface area contributed by atoms with Crippen molar-refractivity contribution in [3.8, 4) is 11.5 Å². The van der Waals surface area contributed by atoms with Crippen molar-refractivity contribution in [2.24, 2.45) is 0 Å². The van der Waals surface area contributed by atoms with E-state index in [1.165, 1.54) is 36.4 Å². The molecule has 2 rings (SSSR count). The van der Waals surface area contributed by atoms with Crippen molar-refractivity contribution >= 4 is 11.9 Å². The van der Waals surface area contributed by atoms with Gasteiger partial charge in [0.05, 0.1) is 5.56 Å². The molecule has 0 aliphatic carbocycles. The first-order chi connectivity index (χ1) is 11.7. The van der Waals surface area contributed by atoms with Crippen LogP contribution < -0.4 is 5.32 Å². The zero-order chi connectivity index (χ0) is 18.6. The van der Waals surface area contributed by atoms with Crippen LogP contribution in [-0.2, 0) is 9.53 Å². The average molecular weight is 343 g/mol. The van der Waals surface area contributed by atoms with Crippen LogP contribution in [-0.4, -0.2) is 27.7 Å². The number of nitrogens with one attached hydrogen (secondary N) is 1. The number of hydrogen-bond acceptors (Lipinski definition) is 5. The first-order valence-corrected chi connectivity index (χ1v) is 7.78. The van der Waals surface area contributed by atoms with Gasteiger partial charge in [-0.2, -0.15) is 0 Å². The summed E-state index contributed by atoms with van der Waals surface area (Å²) >= 11 is 0. The molecule has 1 atom stereocenters. The third kappa shape index (κ3) is 4.97. The second kappa shape index (κ2) is 7.25. The lowest BCUT2D eigenvalue weighted by Crippen LogP contribution is -2.38. The van der Waals surface area contributed by atoms with Gasteiger partial charge in [0.25, 0.3) is 5.91 Å². The molecule has 25 heavy (non-hydrogen) atoms. The van der Waals surface area contributed by atoms with Gasteiger partial charge in [0.1, 0.15) is 17.1 Å². The maximum absolute atomic E-state index is 12.5. The maximum atomic E-state index is 12.5. The topological polar surface area (TPSA) is 95.9 Å². The molecule has 0 spiro atoms. The van der Waals surface area contributed by atoms with Crippen LogP contribution in [0.5, 0.6) is 11.5 Å². The van der Waals surface area contributed by atoms with Gasteiger partial charge in [-0.05, 0) is 50.6 Å². The molecule has 0 heterocycles. The number of carbonyl (C=O) groups is 2. The van der Waals surface area contributed by atoms with Crippen LogP contribution in [0.1, 0.15) is 42.7 Å². The van der Waals surface area contributed by atoms with E-state index in [1.807, 2.05) is 0 Å². The number of amides is 1. The molecule has 0 saturated heterocycles. The van der Waals surface area contributed by atoms with Gasteiger partial charge in [-0.25, -0.2) is 4.79 Å². The van der Waals surface area contributed by atoms with Gasteiger partial charge < -0.3 is 20.3 Å². The number of hydrogen-bond donors (Lipinski definition) is 3. The fourth-order valence-corrected chi connectivity index (χ4v) is 2.18. The van der Waals surface area contributed by atoms with E-state index in [9.17, 15) is 19.8 Å². The quantitative estimate of drug-likeness (QED) is 0.742. The van der Waals surface area contributed by atoms with E-state index in [4.69, 9.17) is 4.74 Å². The minimum Gasteiger partial charge on any atom is -0.508 e. The van der Waals surface area contributed by atoms with Gasteiger partial charge >= 0.3 is 5.97 Å². The summed E-state index contributed by atoms with van der Waals surface area (Å²) in [6.07, 6.45) is 0. The Hall–Kier alpha value is -3.02. The number of ether oxygens (including phenoxy) is 1. The number of carbonyl (C=O) groups excluding carboxylic acids is 2. The van der Waals surface area contributed by atoms with Crippen LogP contribution in [0.15, 0.2) is 48.5 Å². The largest absolute Gasteiger partial charge is 0.508 e. The van der Waals surface area contributed by atoms with Crippen LogP contribution in [0.4, 0.5) is 0 Å². The number of phenols is 2. The maximum Gasteiger partial charge on any atom is 0.333 e. The van der Waals surface area contributed by atoms with Crippen molar-refractivity contribution in [3.63, 3.8) is 0 Å². The third-order valence-electron chi connectivity index (χ3n) is 3.29. The number of rotatable bonds is 4. The predicted octanol–water partition coefficient (Wildman–Crippen LogP) is 2.91. The van der Waals surface area contributed by atoms with E-state index in [-0.39, 0.29) is 17.1 Å². The minimum atomic E-state index is -1.08. The second-order valence-electron chi connectivity index (χ2n) is 6.55. The SMILES string of the molecule is CC(C)(C)OC(=O)C(NC(=O)c1ccccc1O)c1ccc(O)cc1. The molecule has 2 aromatic rings. The third-order valence-corrected chi connectivity index (χ3v) is 3.29. The number of aromatic hydroxyl groups is 2. The summed E-state index contributed by atoms with van der Waals surface area (Å²) < 4.78 is 5.37. The zero-order valence-corrected chi connectivity index (χ0v) is 14.3. The van der Waals surface area contributed by atoms with Crippen molar-refractivity contribution in [2.75, 3.05) is 0 Å². The van der Waals surface area contributed by atoms with Crippen LogP contribution in [0.25, 0.3) is 0 Å².